The molecule has 5 nitrogen and oxygen atoms in total. The van der Waals surface area contributed by atoms with E-state index in [0.717, 1.165) is 16.7 Å². The Hall–Kier alpha value is -3.99. The number of carbonyl (C=O) groups is 2. The number of rotatable bonds is 6. The summed E-state index contributed by atoms with van der Waals surface area (Å²) in [5.41, 5.74) is 4.46. The fourth-order valence-corrected chi connectivity index (χ4v) is 3.39. The third-order valence-corrected chi connectivity index (χ3v) is 4.89. The van der Waals surface area contributed by atoms with Crippen molar-refractivity contribution in [2.24, 2.45) is 0 Å². The highest BCUT2D eigenvalue weighted by Crippen LogP contribution is 2.26. The number of hydrogen-bond donors (Lipinski definition) is 1. The highest BCUT2D eigenvalue weighted by atomic mass is 16.1. The Morgan fingerprint density at radius 3 is 2.27 bits per heavy atom. The standard InChI is InChI=1S/C25H21N3O2/c1-18(29)21-7-4-5-10-24(21)27-25(30)23-9-3-2-8-22(23)20-13-11-19(12-14-20)17-28-16-6-15-26-28/h2-16H,17H2,1H3,(H,27,30). The van der Waals surface area contributed by atoms with Crippen molar-refractivity contribution >= 4 is 17.4 Å². The molecule has 148 valence electrons. The lowest BCUT2D eigenvalue weighted by molar-refractivity contribution is 0.101. The smallest absolute Gasteiger partial charge is 0.256 e. The first-order valence-corrected chi connectivity index (χ1v) is 9.69. The van der Waals surface area contributed by atoms with Gasteiger partial charge in [-0.1, -0.05) is 54.6 Å². The van der Waals surface area contributed by atoms with Crippen molar-refractivity contribution in [3.05, 3.63) is 108 Å². The van der Waals surface area contributed by atoms with Crippen LogP contribution in [0.15, 0.2) is 91.3 Å². The third-order valence-electron chi connectivity index (χ3n) is 4.89. The summed E-state index contributed by atoms with van der Waals surface area (Å²) in [5, 5.41) is 7.12. The molecule has 0 aliphatic heterocycles. The molecule has 0 bridgehead atoms. The molecule has 0 saturated heterocycles. The molecule has 4 rings (SSSR count). The van der Waals surface area contributed by atoms with Crippen LogP contribution in [0.5, 0.6) is 0 Å². The first-order valence-electron chi connectivity index (χ1n) is 9.69. The number of ketones is 1. The lowest BCUT2D eigenvalue weighted by atomic mass is 9.98. The summed E-state index contributed by atoms with van der Waals surface area (Å²) >= 11 is 0. The van der Waals surface area contributed by atoms with E-state index in [2.05, 4.69) is 10.4 Å². The summed E-state index contributed by atoms with van der Waals surface area (Å²) in [6, 6.07) is 24.5. The minimum Gasteiger partial charge on any atom is -0.321 e. The number of aromatic nitrogens is 2. The van der Waals surface area contributed by atoms with E-state index in [0.29, 0.717) is 23.4 Å². The predicted octanol–water partition coefficient (Wildman–Crippen LogP) is 5.05. The molecule has 5 heteroatoms. The van der Waals surface area contributed by atoms with Gasteiger partial charge in [-0.05, 0) is 47.9 Å². The van der Waals surface area contributed by atoms with Gasteiger partial charge in [0.2, 0.25) is 0 Å². The van der Waals surface area contributed by atoms with Gasteiger partial charge < -0.3 is 5.32 Å². The fraction of sp³-hybridized carbons (Fsp3) is 0.0800. The second-order valence-corrected chi connectivity index (χ2v) is 7.00. The highest BCUT2D eigenvalue weighted by Gasteiger charge is 2.15. The van der Waals surface area contributed by atoms with Crippen LogP contribution in [0.3, 0.4) is 0 Å². The minimum atomic E-state index is -0.250. The van der Waals surface area contributed by atoms with Gasteiger partial charge in [-0.15, -0.1) is 0 Å². The van der Waals surface area contributed by atoms with Crippen LogP contribution >= 0.6 is 0 Å². The maximum atomic E-state index is 13.0. The fourth-order valence-electron chi connectivity index (χ4n) is 3.39. The van der Waals surface area contributed by atoms with Gasteiger partial charge in [0.15, 0.2) is 5.78 Å². The molecule has 0 saturated carbocycles. The van der Waals surface area contributed by atoms with Crippen molar-refractivity contribution in [1.82, 2.24) is 9.78 Å². The summed E-state index contributed by atoms with van der Waals surface area (Å²) < 4.78 is 1.86. The van der Waals surface area contributed by atoms with Crippen LogP contribution in [0.4, 0.5) is 5.69 Å². The number of hydrogen-bond acceptors (Lipinski definition) is 3. The van der Waals surface area contributed by atoms with Gasteiger partial charge in [0.05, 0.1) is 12.2 Å². The molecular weight excluding hydrogens is 374 g/mol. The van der Waals surface area contributed by atoms with E-state index in [4.69, 9.17) is 0 Å². The first kappa shape index (κ1) is 19.3. The van der Waals surface area contributed by atoms with Crippen molar-refractivity contribution in [3.63, 3.8) is 0 Å². The molecule has 1 heterocycles. The number of carbonyl (C=O) groups excluding carboxylic acids is 2. The molecule has 4 aromatic rings. The van der Waals surface area contributed by atoms with Crippen LogP contribution in [0.2, 0.25) is 0 Å². The summed E-state index contributed by atoms with van der Waals surface area (Å²) in [6.07, 6.45) is 3.68. The third kappa shape index (κ3) is 4.20. The lowest BCUT2D eigenvalue weighted by Crippen LogP contribution is -2.15. The minimum absolute atomic E-state index is 0.0908. The van der Waals surface area contributed by atoms with Crippen LogP contribution in [0, 0.1) is 0 Å². The van der Waals surface area contributed by atoms with Crippen LogP contribution in [0.1, 0.15) is 33.2 Å². The van der Waals surface area contributed by atoms with Crippen molar-refractivity contribution in [2.75, 3.05) is 5.32 Å². The number of benzene rings is 3. The number of nitrogens with one attached hydrogen (secondary N) is 1. The van der Waals surface area contributed by atoms with Gasteiger partial charge in [-0.2, -0.15) is 5.10 Å². The number of para-hydroxylation sites is 1. The SMILES string of the molecule is CC(=O)c1ccccc1NC(=O)c1ccccc1-c1ccc(Cn2cccn2)cc1. The second kappa shape index (κ2) is 8.57. The van der Waals surface area contributed by atoms with Crippen LogP contribution in [-0.4, -0.2) is 21.5 Å². The molecule has 0 spiro atoms. The Morgan fingerprint density at radius 1 is 0.867 bits per heavy atom. The molecule has 1 amide bonds. The number of anilines is 1. The van der Waals surface area contributed by atoms with Gasteiger partial charge >= 0.3 is 0 Å². The Bertz CT molecular complexity index is 1180. The zero-order valence-corrected chi connectivity index (χ0v) is 16.6. The molecule has 1 N–H and O–H groups in total. The quantitative estimate of drug-likeness (QED) is 0.465. The molecule has 0 atom stereocenters. The largest absolute Gasteiger partial charge is 0.321 e. The Labute approximate surface area is 175 Å². The average Bonchev–Trinajstić information content (AvgIpc) is 3.27. The first-order chi connectivity index (χ1) is 14.6. The Balaban J connectivity index is 1.60. The van der Waals surface area contributed by atoms with E-state index in [1.807, 2.05) is 59.4 Å². The number of Topliss-reactive ketones (excluding diaryl/α,β-unsaturated/α-hetero) is 1. The molecule has 3 aromatic carbocycles. The summed E-state index contributed by atoms with van der Waals surface area (Å²) in [6.45, 7) is 2.18. The summed E-state index contributed by atoms with van der Waals surface area (Å²) in [4.78, 5) is 24.9. The van der Waals surface area contributed by atoms with Gasteiger partial charge in [0, 0.05) is 23.5 Å². The maximum Gasteiger partial charge on any atom is 0.256 e. The van der Waals surface area contributed by atoms with Crippen LogP contribution in [0.25, 0.3) is 11.1 Å². The number of amides is 1. The van der Waals surface area contributed by atoms with Crippen LogP contribution < -0.4 is 5.32 Å². The maximum absolute atomic E-state index is 13.0. The molecule has 30 heavy (non-hydrogen) atoms. The van der Waals surface area contributed by atoms with E-state index in [1.165, 1.54) is 6.92 Å². The molecule has 0 aliphatic rings. The Morgan fingerprint density at radius 2 is 1.57 bits per heavy atom. The van der Waals surface area contributed by atoms with Crippen LogP contribution in [-0.2, 0) is 6.54 Å². The second-order valence-electron chi connectivity index (χ2n) is 7.00. The van der Waals surface area contributed by atoms with Crippen molar-refractivity contribution in [3.8, 4) is 11.1 Å². The monoisotopic (exact) mass is 395 g/mol. The van der Waals surface area contributed by atoms with Gasteiger partial charge in [-0.3, -0.25) is 14.3 Å². The van der Waals surface area contributed by atoms with Crippen molar-refractivity contribution in [1.29, 1.82) is 0 Å². The van der Waals surface area contributed by atoms with Crippen molar-refractivity contribution in [2.45, 2.75) is 13.5 Å². The van der Waals surface area contributed by atoms with Gasteiger partial charge in [-0.25, -0.2) is 0 Å². The number of nitrogens with zero attached hydrogens (tertiary/aromatic N) is 2. The highest BCUT2D eigenvalue weighted by molar-refractivity contribution is 6.11. The molecular formula is C25H21N3O2. The van der Waals surface area contributed by atoms with E-state index in [-0.39, 0.29) is 11.7 Å². The Kier molecular flexibility index (Phi) is 5.52. The van der Waals surface area contributed by atoms with E-state index < -0.39 is 0 Å². The van der Waals surface area contributed by atoms with E-state index in [9.17, 15) is 9.59 Å². The molecule has 0 aliphatic carbocycles. The lowest BCUT2D eigenvalue weighted by Gasteiger charge is -2.13. The van der Waals surface area contributed by atoms with Gasteiger partial charge in [0.1, 0.15) is 0 Å². The van der Waals surface area contributed by atoms with Gasteiger partial charge in [0.25, 0.3) is 5.91 Å². The summed E-state index contributed by atoms with van der Waals surface area (Å²) in [5.74, 6) is -0.341. The van der Waals surface area contributed by atoms with Crippen molar-refractivity contribution < 1.29 is 9.59 Å². The molecule has 1 aromatic heterocycles. The van der Waals surface area contributed by atoms with E-state index >= 15 is 0 Å². The summed E-state index contributed by atoms with van der Waals surface area (Å²) in [7, 11) is 0. The average molecular weight is 395 g/mol. The normalized spacial score (nSPS) is 10.6. The molecule has 0 radical (unpaired) electrons. The molecule has 0 fully saturated rings. The predicted molar refractivity (Wildman–Crippen MR) is 118 cm³/mol. The van der Waals surface area contributed by atoms with E-state index in [1.54, 1.807) is 36.5 Å². The zero-order valence-electron chi connectivity index (χ0n) is 16.6. The molecule has 0 unspecified atom stereocenters. The zero-order chi connectivity index (χ0) is 20.9. The topological polar surface area (TPSA) is 64.0 Å².